The molecule has 1 fully saturated rings. The van der Waals surface area contributed by atoms with E-state index in [0.29, 0.717) is 9.95 Å². The summed E-state index contributed by atoms with van der Waals surface area (Å²) in [7, 11) is -10.7. The summed E-state index contributed by atoms with van der Waals surface area (Å²) < 4.78 is 55.6. The monoisotopic (exact) mass is 553 g/mol. The third kappa shape index (κ3) is 5.55. The maximum Gasteiger partial charge on any atom is 0.481 e. The molecule has 4 rings (SSSR count). The molecule has 16 nitrogen and oxygen atoms in total. The van der Waals surface area contributed by atoms with E-state index in [1.165, 1.54) is 6.07 Å². The van der Waals surface area contributed by atoms with Crippen LogP contribution in [0, 0.1) is 5.82 Å². The summed E-state index contributed by atoms with van der Waals surface area (Å²) in [5.41, 5.74) is -1.56. The highest BCUT2D eigenvalue weighted by atomic mass is 31.3. The summed E-state index contributed by atoms with van der Waals surface area (Å²) in [6.45, 7) is -1.37. The molecule has 0 saturated carbocycles. The number of aromatic nitrogens is 3. The number of ether oxygens (including phenoxy) is 1. The highest BCUT2D eigenvalue weighted by molar-refractivity contribution is 7.60. The minimum Gasteiger partial charge on any atom is -0.387 e. The Labute approximate surface area is 198 Å². The maximum atomic E-state index is 13.4. The number of hydrogen-bond donors (Lipinski definition) is 5. The topological polar surface area (TPSA) is 233 Å². The average molecular weight is 553 g/mol. The Balaban J connectivity index is 1.57. The molecule has 19 heteroatoms. The lowest BCUT2D eigenvalue weighted by atomic mass is 10.1. The van der Waals surface area contributed by atoms with Crippen LogP contribution in [0.1, 0.15) is 11.9 Å². The molecule has 0 spiro atoms. The number of phosphoric ester groups is 1. The van der Waals surface area contributed by atoms with Gasteiger partial charge in [-0.1, -0.05) is 5.16 Å². The molecule has 1 aromatic carbocycles. The van der Waals surface area contributed by atoms with Crippen LogP contribution in [0.25, 0.3) is 11.0 Å². The van der Waals surface area contributed by atoms with Crippen molar-refractivity contribution >= 4 is 26.6 Å². The van der Waals surface area contributed by atoms with Gasteiger partial charge in [0.2, 0.25) is 0 Å². The molecule has 0 aliphatic carbocycles. The molecule has 0 radical (unpaired) electrons. The highest BCUT2D eigenvalue weighted by Gasteiger charge is 2.46. The van der Waals surface area contributed by atoms with Gasteiger partial charge in [-0.15, -0.1) is 0 Å². The average Bonchev–Trinajstić information content (AvgIpc) is 3.28. The van der Waals surface area contributed by atoms with Gasteiger partial charge in [0.05, 0.1) is 13.2 Å². The number of rotatable bonds is 8. The Morgan fingerprint density at radius 1 is 1.11 bits per heavy atom. The Bertz CT molecular complexity index is 1500. The van der Waals surface area contributed by atoms with E-state index in [-0.39, 0.29) is 11.3 Å². The van der Waals surface area contributed by atoms with Gasteiger partial charge in [0.25, 0.3) is 5.56 Å². The van der Waals surface area contributed by atoms with E-state index in [1.807, 2.05) is 0 Å². The second kappa shape index (κ2) is 9.72. The molecule has 196 valence electrons. The molecule has 3 aromatic rings. The Morgan fingerprint density at radius 2 is 1.83 bits per heavy atom. The van der Waals surface area contributed by atoms with Crippen molar-refractivity contribution in [1.29, 1.82) is 0 Å². The van der Waals surface area contributed by atoms with Gasteiger partial charge >= 0.3 is 21.3 Å². The molecule has 1 aliphatic heterocycles. The predicted octanol–water partition coefficient (Wildman–Crippen LogP) is -0.816. The fraction of sp³-hybridized carbons (Fsp3) is 0.353. The molecule has 0 amide bonds. The third-order valence-electron chi connectivity index (χ3n) is 5.14. The zero-order chi connectivity index (χ0) is 26.4. The minimum absolute atomic E-state index is 0.0821. The quantitative estimate of drug-likeness (QED) is 0.215. The molecule has 36 heavy (non-hydrogen) atoms. The number of aliphatic hydroxyl groups excluding tert-OH is 2. The van der Waals surface area contributed by atoms with Crippen LogP contribution < -0.4 is 11.2 Å². The normalized spacial score (nSPS) is 24.3. The molecule has 5 atom stereocenters. The van der Waals surface area contributed by atoms with Crippen LogP contribution >= 0.6 is 15.6 Å². The SMILES string of the molecule is O=c1ccn([C@@H]2O[C@H](COP(=O)(O)OP(=O)(O)O)[C@H](O)[C@@H]2O)c(=O)n1Cc1noc2cc(F)ccc12. The number of hydrogen-bond acceptors (Lipinski definition) is 11. The number of fused-ring (bicyclic) bond motifs is 1. The highest BCUT2D eigenvalue weighted by Crippen LogP contribution is 2.57. The van der Waals surface area contributed by atoms with Crippen molar-refractivity contribution in [3.8, 4) is 0 Å². The van der Waals surface area contributed by atoms with Crippen molar-refractivity contribution in [2.24, 2.45) is 0 Å². The summed E-state index contributed by atoms with van der Waals surface area (Å²) in [6.07, 6.45) is -5.75. The van der Waals surface area contributed by atoms with Crippen molar-refractivity contribution in [1.82, 2.24) is 14.3 Å². The van der Waals surface area contributed by atoms with E-state index in [2.05, 4.69) is 14.0 Å². The van der Waals surface area contributed by atoms with E-state index in [0.717, 1.165) is 29.0 Å². The molecule has 1 aliphatic rings. The first-order chi connectivity index (χ1) is 16.8. The second-order valence-corrected chi connectivity index (χ2v) is 10.4. The molecule has 1 unspecified atom stereocenters. The lowest BCUT2D eigenvalue weighted by Gasteiger charge is -2.19. The molecule has 1 saturated heterocycles. The summed E-state index contributed by atoms with van der Waals surface area (Å²) in [4.78, 5) is 52.1. The first-order valence-electron chi connectivity index (χ1n) is 9.87. The van der Waals surface area contributed by atoms with Gasteiger partial charge in [-0.3, -0.25) is 18.5 Å². The van der Waals surface area contributed by atoms with Gasteiger partial charge < -0.3 is 34.2 Å². The lowest BCUT2D eigenvalue weighted by Crippen LogP contribution is -2.43. The van der Waals surface area contributed by atoms with E-state index in [1.54, 1.807) is 0 Å². The van der Waals surface area contributed by atoms with Crippen LogP contribution in [-0.2, 0) is 29.2 Å². The van der Waals surface area contributed by atoms with Crippen LogP contribution in [0.5, 0.6) is 0 Å². The summed E-state index contributed by atoms with van der Waals surface area (Å²) >= 11 is 0. The standard InChI is InChI=1S/C17H18FN3O13P2/c18-8-1-2-9-10(19-33-11(9)5-8)6-21-13(22)3-4-20(17(21)25)16-15(24)14(23)12(32-16)7-31-36(29,30)34-35(26,27)28/h1-5,12,14-16,23-24H,6-7H2,(H,29,30)(H2,26,27,28)/t12-,14+,15+,16-/m1/s1. The van der Waals surface area contributed by atoms with E-state index in [9.17, 15) is 38.2 Å². The van der Waals surface area contributed by atoms with Crippen LogP contribution in [0.3, 0.4) is 0 Å². The van der Waals surface area contributed by atoms with E-state index < -0.39 is 70.4 Å². The molecule has 2 aromatic heterocycles. The number of phosphoric acid groups is 2. The van der Waals surface area contributed by atoms with Crippen molar-refractivity contribution in [3.63, 3.8) is 0 Å². The van der Waals surface area contributed by atoms with E-state index >= 15 is 0 Å². The maximum absolute atomic E-state index is 13.4. The smallest absolute Gasteiger partial charge is 0.387 e. The van der Waals surface area contributed by atoms with Crippen molar-refractivity contribution in [2.75, 3.05) is 6.61 Å². The third-order valence-corrected chi connectivity index (χ3v) is 7.29. The first-order valence-corrected chi connectivity index (χ1v) is 12.9. The van der Waals surface area contributed by atoms with Crippen LogP contribution in [0.4, 0.5) is 4.39 Å². The van der Waals surface area contributed by atoms with Gasteiger partial charge in [-0.25, -0.2) is 18.3 Å². The first kappa shape index (κ1) is 26.5. The molecular weight excluding hydrogens is 535 g/mol. The van der Waals surface area contributed by atoms with Crippen molar-refractivity contribution in [3.05, 3.63) is 62.8 Å². The fourth-order valence-electron chi connectivity index (χ4n) is 3.52. The summed E-state index contributed by atoms with van der Waals surface area (Å²) in [5, 5.41) is 24.7. The molecular formula is C17H18FN3O13P2. The number of aliphatic hydroxyl groups is 2. The molecule has 0 bridgehead atoms. The van der Waals surface area contributed by atoms with Gasteiger partial charge in [-0.2, -0.15) is 4.31 Å². The summed E-state index contributed by atoms with van der Waals surface area (Å²) in [6, 6.07) is 4.52. The number of nitrogens with zero attached hydrogens (tertiary/aromatic N) is 3. The van der Waals surface area contributed by atoms with Gasteiger partial charge in [0.1, 0.15) is 29.8 Å². The molecule has 5 N–H and O–H groups in total. The second-order valence-electron chi connectivity index (χ2n) is 7.58. The zero-order valence-electron chi connectivity index (χ0n) is 17.7. The van der Waals surface area contributed by atoms with E-state index in [4.69, 9.17) is 19.0 Å². The van der Waals surface area contributed by atoms with Gasteiger partial charge in [0.15, 0.2) is 11.8 Å². The minimum atomic E-state index is -5.39. The molecule has 3 heterocycles. The predicted molar refractivity (Wildman–Crippen MR) is 113 cm³/mol. The number of benzene rings is 1. The van der Waals surface area contributed by atoms with Crippen LogP contribution in [0.15, 0.2) is 44.6 Å². The Morgan fingerprint density at radius 3 is 2.53 bits per heavy atom. The zero-order valence-corrected chi connectivity index (χ0v) is 19.5. The van der Waals surface area contributed by atoms with Crippen molar-refractivity contribution in [2.45, 2.75) is 31.1 Å². The fourth-order valence-corrected chi connectivity index (χ4v) is 5.12. The van der Waals surface area contributed by atoms with Crippen LogP contribution in [0.2, 0.25) is 0 Å². The lowest BCUT2D eigenvalue weighted by molar-refractivity contribution is -0.0547. The summed E-state index contributed by atoms with van der Waals surface area (Å²) in [5.74, 6) is -0.584. The van der Waals surface area contributed by atoms with Crippen molar-refractivity contribution < 1.29 is 56.5 Å². The van der Waals surface area contributed by atoms with Crippen LogP contribution in [-0.4, -0.2) is 64.1 Å². The largest absolute Gasteiger partial charge is 0.481 e. The Hall–Kier alpha value is -2.56. The van der Waals surface area contributed by atoms with Gasteiger partial charge in [0, 0.05) is 23.7 Å². The van der Waals surface area contributed by atoms with Gasteiger partial charge in [-0.05, 0) is 12.1 Å². The Kier molecular flexibility index (Phi) is 7.15. The number of halogens is 1.